The van der Waals surface area contributed by atoms with Gasteiger partial charge in [-0.2, -0.15) is 0 Å². The van der Waals surface area contributed by atoms with Crippen molar-refractivity contribution >= 4 is 17.3 Å². The quantitative estimate of drug-likeness (QED) is 0.824. The van der Waals surface area contributed by atoms with Gasteiger partial charge < -0.3 is 9.52 Å². The molecule has 2 heterocycles. The highest BCUT2D eigenvalue weighted by Crippen LogP contribution is 2.23. The number of aromatic nitrogens is 1. The molecule has 0 saturated carbocycles. The molecule has 2 aromatic heterocycles. The molecule has 72 valence electrons. The molecule has 0 spiro atoms. The summed E-state index contributed by atoms with van der Waals surface area (Å²) < 4.78 is 5.31. The Morgan fingerprint density at radius 2 is 2.36 bits per heavy atom. The minimum absolute atomic E-state index is 0.0778. The molecule has 5 heteroatoms. The lowest BCUT2D eigenvalue weighted by Gasteiger charge is -1.87. The van der Waals surface area contributed by atoms with Crippen LogP contribution in [-0.2, 0) is 0 Å². The molecule has 0 unspecified atom stereocenters. The smallest absolute Gasteiger partial charge is 0.365 e. The van der Waals surface area contributed by atoms with Crippen LogP contribution in [0, 0.1) is 6.92 Å². The number of aryl methyl sites for hydroxylation is 1. The number of carboxylic acid groups (broad SMARTS) is 1. The van der Waals surface area contributed by atoms with E-state index in [2.05, 4.69) is 4.98 Å². The number of hydrogen-bond donors (Lipinski definition) is 1. The number of aromatic carboxylic acids is 1. The Morgan fingerprint density at radius 1 is 1.57 bits per heavy atom. The van der Waals surface area contributed by atoms with Gasteiger partial charge in [0, 0.05) is 5.38 Å². The third kappa shape index (κ3) is 1.54. The highest BCUT2D eigenvalue weighted by atomic mass is 32.1. The number of carbonyl (C=O) groups is 1. The molecule has 1 N–H and O–H groups in total. The van der Waals surface area contributed by atoms with Crippen LogP contribution in [0.5, 0.6) is 0 Å². The van der Waals surface area contributed by atoms with Gasteiger partial charge in [-0.1, -0.05) is 0 Å². The van der Waals surface area contributed by atoms with Gasteiger partial charge in [0.15, 0.2) is 5.76 Å². The average Bonchev–Trinajstić information content (AvgIpc) is 2.70. The van der Waals surface area contributed by atoms with E-state index in [1.165, 1.54) is 0 Å². The zero-order chi connectivity index (χ0) is 10.1. The summed E-state index contributed by atoms with van der Waals surface area (Å²) in [5.41, 5.74) is 0.570. The van der Waals surface area contributed by atoms with Crippen molar-refractivity contribution in [1.82, 2.24) is 4.98 Å². The lowest BCUT2D eigenvalue weighted by Crippen LogP contribution is -1.93. The normalized spacial score (nSPS) is 10.4. The van der Waals surface area contributed by atoms with E-state index in [9.17, 15) is 4.79 Å². The van der Waals surface area contributed by atoms with Crippen LogP contribution < -0.4 is 0 Å². The molecule has 0 saturated heterocycles. The minimum Gasteiger partial charge on any atom is -0.476 e. The molecule has 14 heavy (non-hydrogen) atoms. The second-order valence-corrected chi connectivity index (χ2v) is 3.61. The highest BCUT2D eigenvalue weighted by Gasteiger charge is 2.11. The molecule has 0 radical (unpaired) electrons. The number of thiazole rings is 1. The highest BCUT2D eigenvalue weighted by molar-refractivity contribution is 7.11. The molecule has 2 rings (SSSR count). The summed E-state index contributed by atoms with van der Waals surface area (Å²) in [7, 11) is 0. The van der Waals surface area contributed by atoms with Crippen molar-refractivity contribution in [2.75, 3.05) is 0 Å². The summed E-state index contributed by atoms with van der Waals surface area (Å²) in [6.45, 7) is 1.83. The van der Waals surface area contributed by atoms with Crippen molar-refractivity contribution in [2.45, 2.75) is 6.92 Å². The predicted molar refractivity (Wildman–Crippen MR) is 51.5 cm³/mol. The summed E-state index contributed by atoms with van der Waals surface area (Å²) in [6, 6.07) is 3.59. The van der Waals surface area contributed by atoms with Gasteiger partial charge >= 0.3 is 5.97 Å². The Morgan fingerprint density at radius 3 is 2.86 bits per heavy atom. The molecule has 0 bridgehead atoms. The third-order valence-electron chi connectivity index (χ3n) is 1.68. The largest absolute Gasteiger partial charge is 0.476 e. The number of carboxylic acids is 1. The number of rotatable bonds is 2. The average molecular weight is 209 g/mol. The molecule has 0 aromatic carbocycles. The first-order chi connectivity index (χ1) is 6.66. The fourth-order valence-electron chi connectivity index (χ4n) is 1.06. The minimum atomic E-state index is -1.01. The van der Waals surface area contributed by atoms with Crippen LogP contribution in [0.15, 0.2) is 21.9 Å². The maximum absolute atomic E-state index is 10.6. The first kappa shape index (κ1) is 8.96. The number of hydrogen-bond acceptors (Lipinski definition) is 4. The van der Waals surface area contributed by atoms with E-state index in [1.807, 2.05) is 13.0 Å². The monoisotopic (exact) mass is 209 g/mol. The van der Waals surface area contributed by atoms with Crippen molar-refractivity contribution in [3.05, 3.63) is 28.3 Å². The Hall–Kier alpha value is -1.62. The van der Waals surface area contributed by atoms with E-state index in [4.69, 9.17) is 9.52 Å². The lowest BCUT2D eigenvalue weighted by atomic mass is 10.3. The second-order valence-electron chi connectivity index (χ2n) is 2.75. The van der Waals surface area contributed by atoms with Gasteiger partial charge in [0.1, 0.15) is 11.5 Å². The molecule has 0 atom stereocenters. The fraction of sp³-hybridized carbons (Fsp3) is 0.111. The van der Waals surface area contributed by atoms with Crippen molar-refractivity contribution in [1.29, 1.82) is 0 Å². The zero-order valence-electron chi connectivity index (χ0n) is 7.35. The van der Waals surface area contributed by atoms with Gasteiger partial charge in [-0.15, -0.1) is 11.3 Å². The Labute approximate surface area is 83.8 Å². The lowest BCUT2D eigenvalue weighted by molar-refractivity contribution is 0.0696. The summed E-state index contributed by atoms with van der Waals surface area (Å²) >= 11 is 1.09. The van der Waals surface area contributed by atoms with E-state index in [-0.39, 0.29) is 5.01 Å². The van der Waals surface area contributed by atoms with Crippen molar-refractivity contribution in [2.24, 2.45) is 0 Å². The van der Waals surface area contributed by atoms with Gasteiger partial charge in [0.05, 0.1) is 0 Å². The molecule has 4 nitrogen and oxygen atoms in total. The van der Waals surface area contributed by atoms with Crippen molar-refractivity contribution < 1.29 is 14.3 Å². The van der Waals surface area contributed by atoms with Crippen LogP contribution in [0.3, 0.4) is 0 Å². The Kier molecular flexibility index (Phi) is 2.09. The molecule has 2 aromatic rings. The van der Waals surface area contributed by atoms with Gasteiger partial charge in [-0.05, 0) is 19.1 Å². The summed E-state index contributed by atoms with van der Waals surface area (Å²) in [4.78, 5) is 14.5. The fourth-order valence-corrected chi connectivity index (χ4v) is 1.70. The van der Waals surface area contributed by atoms with E-state index in [0.29, 0.717) is 11.5 Å². The van der Waals surface area contributed by atoms with E-state index in [0.717, 1.165) is 17.1 Å². The van der Waals surface area contributed by atoms with Crippen LogP contribution in [0.2, 0.25) is 0 Å². The van der Waals surface area contributed by atoms with Gasteiger partial charge in [-0.25, -0.2) is 9.78 Å². The van der Waals surface area contributed by atoms with Crippen LogP contribution in [0.4, 0.5) is 0 Å². The summed E-state index contributed by atoms with van der Waals surface area (Å²) in [6.07, 6.45) is 0. The van der Waals surface area contributed by atoms with Crippen LogP contribution in [0.1, 0.15) is 15.6 Å². The van der Waals surface area contributed by atoms with Gasteiger partial charge in [-0.3, -0.25) is 0 Å². The van der Waals surface area contributed by atoms with E-state index in [1.54, 1.807) is 11.4 Å². The first-order valence-electron chi connectivity index (χ1n) is 3.92. The van der Waals surface area contributed by atoms with Crippen molar-refractivity contribution in [3.63, 3.8) is 0 Å². The Balaban J connectivity index is 2.38. The zero-order valence-corrected chi connectivity index (χ0v) is 8.17. The number of nitrogens with zero attached hydrogens (tertiary/aromatic N) is 1. The topological polar surface area (TPSA) is 63.3 Å². The number of furan rings is 1. The molecule has 0 aliphatic rings. The van der Waals surface area contributed by atoms with E-state index < -0.39 is 5.97 Å². The van der Waals surface area contributed by atoms with Crippen LogP contribution in [0.25, 0.3) is 11.5 Å². The van der Waals surface area contributed by atoms with Crippen LogP contribution in [-0.4, -0.2) is 16.1 Å². The Bertz CT molecular complexity index is 472. The first-order valence-corrected chi connectivity index (χ1v) is 4.80. The van der Waals surface area contributed by atoms with Gasteiger partial charge in [0.2, 0.25) is 5.01 Å². The second kappa shape index (κ2) is 3.26. The summed E-state index contributed by atoms with van der Waals surface area (Å²) in [5, 5.41) is 10.4. The molecule has 0 amide bonds. The SMILES string of the molecule is Cc1ccc(-c2csc(C(=O)O)n2)o1. The molecule has 0 fully saturated rings. The molecule has 0 aliphatic carbocycles. The molecular weight excluding hydrogens is 202 g/mol. The predicted octanol–water partition coefficient (Wildman–Crippen LogP) is 2.41. The maximum Gasteiger partial charge on any atom is 0.365 e. The molecule has 0 aliphatic heterocycles. The van der Waals surface area contributed by atoms with Crippen molar-refractivity contribution in [3.8, 4) is 11.5 Å². The van der Waals surface area contributed by atoms with E-state index >= 15 is 0 Å². The summed E-state index contributed by atoms with van der Waals surface area (Å²) in [5.74, 6) is 0.376. The van der Waals surface area contributed by atoms with Crippen LogP contribution >= 0.6 is 11.3 Å². The van der Waals surface area contributed by atoms with Gasteiger partial charge in [0.25, 0.3) is 0 Å². The standard InChI is InChI=1S/C9H7NO3S/c1-5-2-3-7(13-5)6-4-14-8(10-6)9(11)12/h2-4H,1H3,(H,11,12). The molecular formula is C9H7NO3S. The maximum atomic E-state index is 10.6. The third-order valence-corrected chi connectivity index (χ3v) is 2.51.